The molecular weight excluding hydrogens is 274 g/mol. The number of aromatic amines is 1. The van der Waals surface area contributed by atoms with Crippen LogP contribution >= 0.6 is 0 Å². The molecule has 1 aliphatic heterocycles. The van der Waals surface area contributed by atoms with Crippen LogP contribution in [0.5, 0.6) is 0 Å². The number of aromatic nitrogens is 1. The van der Waals surface area contributed by atoms with Gasteiger partial charge < -0.3 is 20.4 Å². The molecule has 0 bridgehead atoms. The maximum atomic E-state index is 5.84. The van der Waals surface area contributed by atoms with E-state index in [0.717, 1.165) is 48.6 Å². The molecule has 1 aromatic heterocycles. The first kappa shape index (κ1) is 13.2. The van der Waals surface area contributed by atoms with E-state index in [-0.39, 0.29) is 0 Å². The fourth-order valence-electron chi connectivity index (χ4n) is 2.98. The van der Waals surface area contributed by atoms with Crippen LogP contribution in [0.15, 0.2) is 48.5 Å². The van der Waals surface area contributed by atoms with Gasteiger partial charge in [0.15, 0.2) is 0 Å². The summed E-state index contributed by atoms with van der Waals surface area (Å²) >= 11 is 0. The standard InChI is InChI=1S/C18H19N3O/c19-15-3-6-17-14(11-15)12-18(20-17)13-1-4-16(5-2-13)21-7-9-22-10-8-21/h1-6,11-12,20H,7-10,19H2. The lowest BCUT2D eigenvalue weighted by Gasteiger charge is -2.28. The first-order valence-corrected chi connectivity index (χ1v) is 7.61. The van der Waals surface area contributed by atoms with E-state index in [0.29, 0.717) is 0 Å². The highest BCUT2D eigenvalue weighted by atomic mass is 16.5. The van der Waals surface area contributed by atoms with Gasteiger partial charge in [-0.25, -0.2) is 0 Å². The van der Waals surface area contributed by atoms with E-state index in [1.807, 2.05) is 18.2 Å². The molecule has 4 rings (SSSR count). The van der Waals surface area contributed by atoms with Crippen LogP contribution < -0.4 is 10.6 Å². The highest BCUT2D eigenvalue weighted by Crippen LogP contribution is 2.27. The number of benzene rings is 2. The molecule has 1 aliphatic rings. The molecule has 3 N–H and O–H groups in total. The van der Waals surface area contributed by atoms with Gasteiger partial charge >= 0.3 is 0 Å². The molecule has 1 saturated heterocycles. The number of morpholine rings is 1. The van der Waals surface area contributed by atoms with E-state index >= 15 is 0 Å². The monoisotopic (exact) mass is 293 g/mol. The smallest absolute Gasteiger partial charge is 0.0642 e. The summed E-state index contributed by atoms with van der Waals surface area (Å²) in [7, 11) is 0. The molecule has 4 nitrogen and oxygen atoms in total. The Bertz CT molecular complexity index is 786. The lowest BCUT2D eigenvalue weighted by Crippen LogP contribution is -2.36. The second-order valence-corrected chi connectivity index (χ2v) is 5.68. The van der Waals surface area contributed by atoms with Gasteiger partial charge in [0.05, 0.1) is 13.2 Å². The van der Waals surface area contributed by atoms with Crippen LogP contribution in [0, 0.1) is 0 Å². The molecule has 4 heteroatoms. The average Bonchev–Trinajstić information content (AvgIpc) is 2.99. The molecule has 0 radical (unpaired) electrons. The van der Waals surface area contributed by atoms with Crippen molar-refractivity contribution >= 4 is 22.3 Å². The number of nitrogens with two attached hydrogens (primary N) is 1. The molecule has 0 atom stereocenters. The second kappa shape index (κ2) is 5.39. The van der Waals surface area contributed by atoms with Gasteiger partial charge in [0.1, 0.15) is 0 Å². The van der Waals surface area contributed by atoms with Gasteiger partial charge in [-0.15, -0.1) is 0 Å². The molecule has 112 valence electrons. The molecule has 1 fully saturated rings. The Morgan fingerprint density at radius 2 is 1.73 bits per heavy atom. The van der Waals surface area contributed by atoms with Crippen LogP contribution in [0.1, 0.15) is 0 Å². The third-order valence-electron chi connectivity index (χ3n) is 4.20. The van der Waals surface area contributed by atoms with Crippen molar-refractivity contribution in [2.24, 2.45) is 0 Å². The predicted octanol–water partition coefficient (Wildman–Crippen LogP) is 3.25. The van der Waals surface area contributed by atoms with E-state index in [1.165, 1.54) is 11.3 Å². The van der Waals surface area contributed by atoms with Crippen molar-refractivity contribution in [2.75, 3.05) is 36.9 Å². The molecule has 2 heterocycles. The summed E-state index contributed by atoms with van der Waals surface area (Å²) in [6.07, 6.45) is 0. The average molecular weight is 293 g/mol. The van der Waals surface area contributed by atoms with Crippen molar-refractivity contribution in [3.05, 3.63) is 48.5 Å². The van der Waals surface area contributed by atoms with Crippen molar-refractivity contribution in [3.63, 3.8) is 0 Å². The molecule has 0 amide bonds. The lowest BCUT2D eigenvalue weighted by molar-refractivity contribution is 0.122. The van der Waals surface area contributed by atoms with Gasteiger partial charge in [-0.2, -0.15) is 0 Å². The molecule has 0 aliphatic carbocycles. The minimum Gasteiger partial charge on any atom is -0.399 e. The lowest BCUT2D eigenvalue weighted by atomic mass is 10.1. The normalized spacial score (nSPS) is 15.4. The van der Waals surface area contributed by atoms with Crippen LogP contribution in [-0.4, -0.2) is 31.3 Å². The zero-order chi connectivity index (χ0) is 14.9. The largest absolute Gasteiger partial charge is 0.399 e. The topological polar surface area (TPSA) is 54.3 Å². The zero-order valence-electron chi connectivity index (χ0n) is 12.4. The fourth-order valence-corrected chi connectivity index (χ4v) is 2.98. The van der Waals surface area contributed by atoms with E-state index in [1.54, 1.807) is 0 Å². The first-order chi connectivity index (χ1) is 10.8. The number of nitrogen functional groups attached to an aromatic ring is 1. The van der Waals surface area contributed by atoms with Gasteiger partial charge in [-0.3, -0.25) is 0 Å². The predicted molar refractivity (Wildman–Crippen MR) is 91.2 cm³/mol. The molecular formula is C18H19N3O. The van der Waals surface area contributed by atoms with Gasteiger partial charge in [0.25, 0.3) is 0 Å². The van der Waals surface area contributed by atoms with E-state index in [9.17, 15) is 0 Å². The number of nitrogens with one attached hydrogen (secondary N) is 1. The minimum absolute atomic E-state index is 0.792. The molecule has 0 unspecified atom stereocenters. The number of fused-ring (bicyclic) bond motifs is 1. The Labute approximate surface area is 129 Å². The summed E-state index contributed by atoms with van der Waals surface area (Å²) in [4.78, 5) is 5.81. The Morgan fingerprint density at radius 1 is 0.955 bits per heavy atom. The first-order valence-electron chi connectivity index (χ1n) is 7.61. The quantitative estimate of drug-likeness (QED) is 0.713. The van der Waals surface area contributed by atoms with Crippen LogP contribution in [0.2, 0.25) is 0 Å². The number of anilines is 2. The number of nitrogens with zero attached hydrogens (tertiary/aromatic N) is 1. The van der Waals surface area contributed by atoms with Gasteiger partial charge in [0.2, 0.25) is 0 Å². The minimum atomic E-state index is 0.792. The van der Waals surface area contributed by atoms with Crippen molar-refractivity contribution in [3.8, 4) is 11.3 Å². The SMILES string of the molecule is Nc1ccc2[nH]c(-c3ccc(N4CCOCC4)cc3)cc2c1. The maximum absolute atomic E-state index is 5.84. The Morgan fingerprint density at radius 3 is 2.50 bits per heavy atom. The molecule has 3 aromatic rings. The highest BCUT2D eigenvalue weighted by Gasteiger charge is 2.11. The summed E-state index contributed by atoms with van der Waals surface area (Å²) in [5.74, 6) is 0. The zero-order valence-corrected chi connectivity index (χ0v) is 12.4. The summed E-state index contributed by atoms with van der Waals surface area (Å²) in [5, 5.41) is 1.15. The van der Waals surface area contributed by atoms with Crippen molar-refractivity contribution in [1.29, 1.82) is 0 Å². The number of hydrogen-bond acceptors (Lipinski definition) is 3. The maximum Gasteiger partial charge on any atom is 0.0642 e. The van der Waals surface area contributed by atoms with Crippen LogP contribution in [0.3, 0.4) is 0 Å². The van der Waals surface area contributed by atoms with E-state index < -0.39 is 0 Å². The van der Waals surface area contributed by atoms with Crippen LogP contribution in [0.25, 0.3) is 22.2 Å². The van der Waals surface area contributed by atoms with Crippen LogP contribution in [-0.2, 0) is 4.74 Å². The van der Waals surface area contributed by atoms with Crippen molar-refractivity contribution in [1.82, 2.24) is 4.98 Å². The molecule has 0 saturated carbocycles. The van der Waals surface area contributed by atoms with Crippen molar-refractivity contribution in [2.45, 2.75) is 0 Å². The second-order valence-electron chi connectivity index (χ2n) is 5.68. The van der Waals surface area contributed by atoms with E-state index in [4.69, 9.17) is 10.5 Å². The van der Waals surface area contributed by atoms with Gasteiger partial charge in [0, 0.05) is 41.1 Å². The Balaban J connectivity index is 1.63. The summed E-state index contributed by atoms with van der Waals surface area (Å²) < 4.78 is 5.40. The number of hydrogen-bond donors (Lipinski definition) is 2. The summed E-state index contributed by atoms with van der Waals surface area (Å²) in [6, 6.07) is 16.8. The van der Waals surface area contributed by atoms with Gasteiger partial charge in [-0.1, -0.05) is 12.1 Å². The Hall–Kier alpha value is -2.46. The number of H-pyrrole nitrogens is 1. The Kier molecular flexibility index (Phi) is 3.24. The molecule has 2 aromatic carbocycles. The third-order valence-corrected chi connectivity index (χ3v) is 4.20. The van der Waals surface area contributed by atoms with Crippen LogP contribution in [0.4, 0.5) is 11.4 Å². The van der Waals surface area contributed by atoms with Crippen molar-refractivity contribution < 1.29 is 4.74 Å². The highest BCUT2D eigenvalue weighted by molar-refractivity contribution is 5.88. The number of ether oxygens (including phenoxy) is 1. The van der Waals surface area contributed by atoms with Gasteiger partial charge in [-0.05, 0) is 42.0 Å². The molecule has 22 heavy (non-hydrogen) atoms. The summed E-state index contributed by atoms with van der Waals surface area (Å²) in [5.41, 5.74) is 11.3. The third kappa shape index (κ3) is 2.42. The fraction of sp³-hybridized carbons (Fsp3) is 0.222. The summed E-state index contributed by atoms with van der Waals surface area (Å²) in [6.45, 7) is 3.55. The molecule has 0 spiro atoms. The number of rotatable bonds is 2. The van der Waals surface area contributed by atoms with E-state index in [2.05, 4.69) is 40.2 Å².